The quantitative estimate of drug-likeness (QED) is 0.265. The Morgan fingerprint density at radius 1 is 0.903 bits per heavy atom. The molecule has 0 spiro atoms. The first-order valence-electron chi connectivity index (χ1n) is 9.45. The summed E-state index contributed by atoms with van der Waals surface area (Å²) >= 11 is 0. The van der Waals surface area contributed by atoms with Crippen LogP contribution in [-0.2, 0) is 9.53 Å². The van der Waals surface area contributed by atoms with E-state index >= 15 is 0 Å². The zero-order valence-corrected chi connectivity index (χ0v) is 16.2. The standard InChI is InChI=1S/C24H16FNO5/c25-17-11-9-15(10-12-17)20(27)14-31-21(28)8-3-13-26-23(29)18-6-1-4-16-5-2-7-19(22(16)18)24(26)30/h1-12H,13-14H2. The van der Waals surface area contributed by atoms with E-state index in [1.807, 2.05) is 12.1 Å². The van der Waals surface area contributed by atoms with E-state index in [1.165, 1.54) is 18.2 Å². The number of carbonyl (C=O) groups excluding carboxylic acids is 4. The average Bonchev–Trinajstić information content (AvgIpc) is 2.78. The molecule has 3 aromatic rings. The van der Waals surface area contributed by atoms with Crippen molar-refractivity contribution in [3.05, 3.63) is 95.3 Å². The number of halogens is 1. The lowest BCUT2D eigenvalue weighted by atomic mass is 9.94. The van der Waals surface area contributed by atoms with Gasteiger partial charge in [0.25, 0.3) is 11.8 Å². The van der Waals surface area contributed by atoms with Gasteiger partial charge in [0, 0.05) is 34.7 Å². The highest BCUT2D eigenvalue weighted by Crippen LogP contribution is 2.29. The molecule has 2 amide bonds. The van der Waals surface area contributed by atoms with Gasteiger partial charge in [0.1, 0.15) is 5.82 Å². The fourth-order valence-electron chi connectivity index (χ4n) is 3.40. The summed E-state index contributed by atoms with van der Waals surface area (Å²) in [6.07, 6.45) is 2.38. The largest absolute Gasteiger partial charge is 0.454 e. The van der Waals surface area contributed by atoms with Crippen LogP contribution < -0.4 is 0 Å². The van der Waals surface area contributed by atoms with Gasteiger partial charge in [-0.05, 0) is 41.8 Å². The number of carbonyl (C=O) groups is 4. The molecule has 0 bridgehead atoms. The smallest absolute Gasteiger partial charge is 0.330 e. The number of rotatable bonds is 6. The van der Waals surface area contributed by atoms with Gasteiger partial charge >= 0.3 is 5.97 Å². The topological polar surface area (TPSA) is 80.8 Å². The van der Waals surface area contributed by atoms with Crippen LogP contribution in [0.2, 0.25) is 0 Å². The van der Waals surface area contributed by atoms with Gasteiger partial charge in [0.05, 0.1) is 0 Å². The summed E-state index contributed by atoms with van der Waals surface area (Å²) in [6.45, 7) is -0.630. The highest BCUT2D eigenvalue weighted by Gasteiger charge is 2.31. The number of hydrogen-bond donors (Lipinski definition) is 0. The van der Waals surface area contributed by atoms with E-state index in [0.29, 0.717) is 16.5 Å². The molecule has 0 fully saturated rings. The fraction of sp³-hybridized carbons (Fsp3) is 0.0833. The number of Topliss-reactive ketones (excluding diaryl/α,β-unsaturated/α-hetero) is 1. The second-order valence-electron chi connectivity index (χ2n) is 6.87. The van der Waals surface area contributed by atoms with Crippen molar-refractivity contribution in [2.75, 3.05) is 13.2 Å². The van der Waals surface area contributed by atoms with Gasteiger partial charge in [-0.2, -0.15) is 0 Å². The van der Waals surface area contributed by atoms with E-state index < -0.39 is 36.0 Å². The molecular formula is C24H16FNO5. The molecule has 154 valence electrons. The normalized spacial score (nSPS) is 13.1. The first-order valence-corrected chi connectivity index (χ1v) is 9.45. The van der Waals surface area contributed by atoms with Gasteiger partial charge in [0.15, 0.2) is 12.4 Å². The molecule has 0 saturated carbocycles. The molecule has 0 saturated heterocycles. The van der Waals surface area contributed by atoms with Gasteiger partial charge in [-0.1, -0.05) is 30.3 Å². The van der Waals surface area contributed by atoms with Crippen molar-refractivity contribution >= 4 is 34.3 Å². The Morgan fingerprint density at radius 3 is 2.13 bits per heavy atom. The minimum absolute atomic E-state index is 0.122. The number of benzene rings is 3. The summed E-state index contributed by atoms with van der Waals surface area (Å²) in [4.78, 5) is 50.4. The summed E-state index contributed by atoms with van der Waals surface area (Å²) in [5.41, 5.74) is 1.07. The molecule has 3 aromatic carbocycles. The minimum Gasteiger partial charge on any atom is -0.454 e. The lowest BCUT2D eigenvalue weighted by Gasteiger charge is -2.26. The molecule has 0 N–H and O–H groups in total. The van der Waals surface area contributed by atoms with Crippen LogP contribution in [0.5, 0.6) is 0 Å². The maximum atomic E-state index is 12.9. The van der Waals surface area contributed by atoms with E-state index in [9.17, 15) is 23.6 Å². The average molecular weight is 417 g/mol. The zero-order chi connectivity index (χ0) is 22.0. The molecule has 0 radical (unpaired) electrons. The predicted molar refractivity (Wildman–Crippen MR) is 110 cm³/mol. The van der Waals surface area contributed by atoms with E-state index in [0.717, 1.165) is 28.5 Å². The molecule has 0 aliphatic carbocycles. The summed E-state index contributed by atoms with van der Waals surface area (Å²) < 4.78 is 17.8. The summed E-state index contributed by atoms with van der Waals surface area (Å²) in [5.74, 6) is -2.64. The van der Waals surface area contributed by atoms with Crippen molar-refractivity contribution in [3.8, 4) is 0 Å². The Labute approximate surface area is 176 Å². The first kappa shape index (κ1) is 20.2. The third-order valence-electron chi connectivity index (χ3n) is 4.91. The van der Waals surface area contributed by atoms with E-state index in [2.05, 4.69) is 0 Å². The van der Waals surface area contributed by atoms with Gasteiger partial charge in [0.2, 0.25) is 0 Å². The van der Waals surface area contributed by atoms with Crippen LogP contribution in [0.4, 0.5) is 4.39 Å². The first-order chi connectivity index (χ1) is 15.0. The SMILES string of the molecule is O=C(C=CCN1C(=O)c2cccc3cccc(c23)C1=O)OCC(=O)c1ccc(F)cc1. The van der Waals surface area contributed by atoms with Crippen LogP contribution in [0.1, 0.15) is 31.1 Å². The van der Waals surface area contributed by atoms with Crippen molar-refractivity contribution in [1.29, 1.82) is 0 Å². The third-order valence-corrected chi connectivity index (χ3v) is 4.91. The lowest BCUT2D eigenvalue weighted by Crippen LogP contribution is -2.40. The maximum Gasteiger partial charge on any atom is 0.330 e. The lowest BCUT2D eigenvalue weighted by molar-refractivity contribution is -0.136. The molecule has 1 aliphatic heterocycles. The Morgan fingerprint density at radius 2 is 1.52 bits per heavy atom. The monoisotopic (exact) mass is 417 g/mol. The van der Waals surface area contributed by atoms with Crippen molar-refractivity contribution in [3.63, 3.8) is 0 Å². The minimum atomic E-state index is -0.796. The number of imide groups is 1. The number of amides is 2. The molecule has 31 heavy (non-hydrogen) atoms. The Balaban J connectivity index is 1.39. The number of hydrogen-bond acceptors (Lipinski definition) is 5. The Kier molecular flexibility index (Phi) is 5.41. The van der Waals surface area contributed by atoms with Crippen LogP contribution >= 0.6 is 0 Å². The molecular weight excluding hydrogens is 401 g/mol. The summed E-state index contributed by atoms with van der Waals surface area (Å²) in [7, 11) is 0. The van der Waals surface area contributed by atoms with Crippen molar-refractivity contribution < 1.29 is 28.3 Å². The molecule has 7 heteroatoms. The number of nitrogens with zero attached hydrogens (tertiary/aromatic N) is 1. The van der Waals surface area contributed by atoms with Crippen LogP contribution in [0.3, 0.4) is 0 Å². The third kappa shape index (κ3) is 3.98. The molecule has 0 aromatic heterocycles. The number of esters is 1. The van der Waals surface area contributed by atoms with Crippen molar-refractivity contribution in [2.24, 2.45) is 0 Å². The molecule has 1 aliphatic rings. The number of ether oxygens (including phenoxy) is 1. The van der Waals surface area contributed by atoms with Crippen LogP contribution in [0.15, 0.2) is 72.8 Å². The van der Waals surface area contributed by atoms with Gasteiger partial charge in [-0.25, -0.2) is 9.18 Å². The molecule has 1 heterocycles. The zero-order valence-electron chi connectivity index (χ0n) is 16.2. The molecule has 0 atom stereocenters. The van der Waals surface area contributed by atoms with Crippen LogP contribution in [-0.4, -0.2) is 41.6 Å². The highest BCUT2D eigenvalue weighted by molar-refractivity contribution is 6.25. The second-order valence-corrected chi connectivity index (χ2v) is 6.87. The van der Waals surface area contributed by atoms with Gasteiger partial charge < -0.3 is 4.74 Å². The highest BCUT2D eigenvalue weighted by atomic mass is 19.1. The Hall–Kier alpha value is -4.13. The van der Waals surface area contributed by atoms with E-state index in [4.69, 9.17) is 4.74 Å². The van der Waals surface area contributed by atoms with E-state index in [-0.39, 0.29) is 12.1 Å². The van der Waals surface area contributed by atoms with Crippen molar-refractivity contribution in [2.45, 2.75) is 0 Å². The fourth-order valence-corrected chi connectivity index (χ4v) is 3.40. The van der Waals surface area contributed by atoms with Gasteiger partial charge in [-0.3, -0.25) is 19.3 Å². The van der Waals surface area contributed by atoms with Gasteiger partial charge in [-0.15, -0.1) is 0 Å². The second kappa shape index (κ2) is 8.31. The van der Waals surface area contributed by atoms with Crippen LogP contribution in [0, 0.1) is 5.82 Å². The molecule has 0 unspecified atom stereocenters. The predicted octanol–water partition coefficient (Wildman–Crippen LogP) is 3.56. The maximum absolute atomic E-state index is 12.9. The number of ketones is 1. The Bertz CT molecular complexity index is 1200. The van der Waals surface area contributed by atoms with E-state index in [1.54, 1.807) is 24.3 Å². The van der Waals surface area contributed by atoms with Crippen molar-refractivity contribution in [1.82, 2.24) is 4.90 Å². The molecule has 6 nitrogen and oxygen atoms in total. The molecule has 4 rings (SSSR count). The summed E-state index contributed by atoms with van der Waals surface area (Å²) in [6, 6.07) is 15.4. The van der Waals surface area contributed by atoms with Crippen LogP contribution in [0.25, 0.3) is 10.8 Å². The summed E-state index contributed by atoms with van der Waals surface area (Å²) in [5, 5.41) is 1.43.